The number of rotatable bonds is 10. The van der Waals surface area contributed by atoms with Gasteiger partial charge >= 0.3 is 0 Å². The van der Waals surface area contributed by atoms with Crippen LogP contribution in [0.1, 0.15) is 43.7 Å². The van der Waals surface area contributed by atoms with Crippen LogP contribution in [0.4, 0.5) is 14.6 Å². The highest BCUT2D eigenvalue weighted by atomic mass is 32.2. The van der Waals surface area contributed by atoms with Crippen molar-refractivity contribution in [3.63, 3.8) is 0 Å². The number of fused-ring (bicyclic) bond motifs is 1. The molecule has 2 aromatic heterocycles. The average molecular weight is 523 g/mol. The molecule has 13 heteroatoms. The van der Waals surface area contributed by atoms with E-state index < -0.39 is 36.0 Å². The highest BCUT2D eigenvalue weighted by Gasteiger charge is 2.45. The third-order valence-electron chi connectivity index (χ3n) is 6.56. The quantitative estimate of drug-likeness (QED) is 0.231. The van der Waals surface area contributed by atoms with Gasteiger partial charge in [-0.1, -0.05) is 30.0 Å². The highest BCUT2D eigenvalue weighted by Crippen LogP contribution is 2.44. The van der Waals surface area contributed by atoms with Crippen LogP contribution in [-0.2, 0) is 4.74 Å². The van der Waals surface area contributed by atoms with Gasteiger partial charge in [-0.05, 0) is 30.5 Å². The number of aliphatic hydroxyl groups excluding tert-OH is 3. The predicted molar refractivity (Wildman–Crippen MR) is 128 cm³/mol. The average Bonchev–Trinajstić information content (AvgIpc) is 3.41. The van der Waals surface area contributed by atoms with Gasteiger partial charge in [-0.25, -0.2) is 23.4 Å². The lowest BCUT2D eigenvalue weighted by atomic mass is 10.1. The van der Waals surface area contributed by atoms with Crippen LogP contribution in [0.25, 0.3) is 11.2 Å². The molecule has 0 spiro atoms. The lowest BCUT2D eigenvalue weighted by Gasteiger charge is -2.17. The fourth-order valence-corrected chi connectivity index (χ4v) is 5.31. The second kappa shape index (κ2) is 10.5. The largest absolute Gasteiger partial charge is 0.394 e. The summed E-state index contributed by atoms with van der Waals surface area (Å²) >= 11 is 1.48. The number of nitrogens with one attached hydrogen (secondary N) is 1. The molecule has 6 atom stereocenters. The molecule has 0 radical (unpaired) electrons. The topological polar surface area (TPSA) is 138 Å². The minimum Gasteiger partial charge on any atom is -0.394 e. The van der Waals surface area contributed by atoms with E-state index in [0.29, 0.717) is 27.7 Å². The Morgan fingerprint density at radius 3 is 2.75 bits per heavy atom. The van der Waals surface area contributed by atoms with Crippen LogP contribution >= 0.6 is 11.8 Å². The van der Waals surface area contributed by atoms with Crippen LogP contribution in [0.2, 0.25) is 0 Å². The molecule has 2 aliphatic rings. The Hall–Kier alpha value is -2.45. The molecule has 0 amide bonds. The van der Waals surface area contributed by atoms with Gasteiger partial charge in [-0.2, -0.15) is 0 Å². The van der Waals surface area contributed by atoms with Crippen molar-refractivity contribution < 1.29 is 28.8 Å². The summed E-state index contributed by atoms with van der Waals surface area (Å²) in [6, 6.07) is 3.26. The van der Waals surface area contributed by atoms with E-state index in [2.05, 4.69) is 32.5 Å². The Morgan fingerprint density at radius 1 is 1.17 bits per heavy atom. The summed E-state index contributed by atoms with van der Waals surface area (Å²) in [5.74, 6) is -0.472. The molecule has 4 N–H and O–H groups in total. The zero-order valence-corrected chi connectivity index (χ0v) is 20.4. The van der Waals surface area contributed by atoms with Crippen molar-refractivity contribution in [2.45, 2.75) is 67.7 Å². The molecule has 3 aromatic rings. The van der Waals surface area contributed by atoms with Gasteiger partial charge in [0.15, 0.2) is 33.8 Å². The van der Waals surface area contributed by atoms with Crippen molar-refractivity contribution in [3.05, 3.63) is 35.4 Å². The fourth-order valence-electron chi connectivity index (χ4n) is 4.61. The SMILES string of the molecule is CCCSc1nc(N[C@H]2CC2c2ccc(F)c(F)c2)c2nnn(C3CC(OCCO)[C@@H](O)[C@H]3O)c2n1. The highest BCUT2D eigenvalue weighted by molar-refractivity contribution is 7.99. The molecular formula is C23H28F2N6O4S. The number of halogens is 2. The summed E-state index contributed by atoms with van der Waals surface area (Å²) in [5.41, 5.74) is 1.53. The summed E-state index contributed by atoms with van der Waals surface area (Å²) in [4.78, 5) is 9.27. The molecule has 5 rings (SSSR count). The van der Waals surface area contributed by atoms with Gasteiger partial charge in [0.2, 0.25) is 0 Å². The normalized spacial score (nSPS) is 27.6. The van der Waals surface area contributed by atoms with Crippen LogP contribution in [-0.4, -0.2) is 83.6 Å². The number of thioether (sulfide) groups is 1. The maximum absolute atomic E-state index is 13.7. The minimum absolute atomic E-state index is 0.00291. The molecule has 1 aromatic carbocycles. The second-order valence-corrected chi connectivity index (χ2v) is 10.2. The van der Waals surface area contributed by atoms with Gasteiger partial charge in [-0.15, -0.1) is 5.10 Å². The van der Waals surface area contributed by atoms with E-state index in [-0.39, 0.29) is 31.6 Å². The van der Waals surface area contributed by atoms with E-state index in [4.69, 9.17) is 9.84 Å². The van der Waals surface area contributed by atoms with E-state index in [1.54, 1.807) is 6.07 Å². The third-order valence-corrected chi connectivity index (χ3v) is 7.61. The molecule has 0 saturated heterocycles. The molecule has 0 aliphatic heterocycles. The monoisotopic (exact) mass is 522 g/mol. The maximum atomic E-state index is 13.7. The first kappa shape index (κ1) is 25.2. The van der Waals surface area contributed by atoms with Crippen LogP contribution in [0, 0.1) is 11.6 Å². The van der Waals surface area contributed by atoms with E-state index in [1.165, 1.54) is 22.5 Å². The summed E-state index contributed by atoms with van der Waals surface area (Å²) in [6.45, 7) is 1.91. The molecule has 36 heavy (non-hydrogen) atoms. The van der Waals surface area contributed by atoms with Gasteiger partial charge in [0, 0.05) is 24.1 Å². The number of anilines is 1. The number of hydrogen-bond donors (Lipinski definition) is 4. The van der Waals surface area contributed by atoms with E-state index in [9.17, 15) is 19.0 Å². The molecule has 2 aliphatic carbocycles. The number of aromatic nitrogens is 5. The van der Waals surface area contributed by atoms with Crippen molar-refractivity contribution in [1.29, 1.82) is 0 Å². The van der Waals surface area contributed by atoms with Gasteiger partial charge in [0.1, 0.15) is 12.2 Å². The van der Waals surface area contributed by atoms with Crippen LogP contribution in [0.15, 0.2) is 23.4 Å². The number of aliphatic hydroxyl groups is 3. The molecule has 194 valence electrons. The maximum Gasteiger partial charge on any atom is 0.191 e. The Morgan fingerprint density at radius 2 is 2.00 bits per heavy atom. The first-order valence-electron chi connectivity index (χ1n) is 12.0. The summed E-state index contributed by atoms with van der Waals surface area (Å²) < 4.78 is 34.0. The zero-order chi connectivity index (χ0) is 25.4. The Balaban J connectivity index is 1.43. The van der Waals surface area contributed by atoms with Gasteiger partial charge < -0.3 is 25.4 Å². The number of nitrogens with zero attached hydrogens (tertiary/aromatic N) is 5. The summed E-state index contributed by atoms with van der Waals surface area (Å²) in [5, 5.41) is 42.5. The Kier molecular flexibility index (Phi) is 7.35. The lowest BCUT2D eigenvalue weighted by Crippen LogP contribution is -2.33. The number of benzene rings is 1. The molecule has 0 bridgehead atoms. The zero-order valence-electron chi connectivity index (χ0n) is 19.6. The smallest absolute Gasteiger partial charge is 0.191 e. The van der Waals surface area contributed by atoms with Gasteiger partial charge in [0.05, 0.1) is 25.4 Å². The van der Waals surface area contributed by atoms with Crippen LogP contribution in [0.5, 0.6) is 0 Å². The van der Waals surface area contributed by atoms with E-state index in [0.717, 1.165) is 24.7 Å². The standard InChI is InChI=1S/C23H28F2N6O4S/c1-2-7-36-23-27-21(26-15-9-12(15)11-3-4-13(24)14(25)8-11)18-22(28-23)31(30-29-18)16-10-17(35-6-5-32)20(34)19(16)33/h3-4,8,12,15-17,19-20,32-34H,2,5-7,9-10H2,1H3,(H,26,27,28)/t12?,15-,16?,17?,19-,20+/m0/s1. The molecule has 2 saturated carbocycles. The van der Waals surface area contributed by atoms with Gasteiger partial charge in [-0.3, -0.25) is 0 Å². The van der Waals surface area contributed by atoms with Crippen molar-refractivity contribution in [3.8, 4) is 0 Å². The van der Waals surface area contributed by atoms with Crippen molar-refractivity contribution in [2.75, 3.05) is 24.3 Å². The summed E-state index contributed by atoms with van der Waals surface area (Å²) in [6.07, 6.45) is -1.04. The molecule has 10 nitrogen and oxygen atoms in total. The summed E-state index contributed by atoms with van der Waals surface area (Å²) in [7, 11) is 0. The first-order chi connectivity index (χ1) is 17.4. The Labute approximate surface area is 210 Å². The van der Waals surface area contributed by atoms with Crippen molar-refractivity contribution in [1.82, 2.24) is 25.0 Å². The molecular weight excluding hydrogens is 494 g/mol. The molecule has 2 fully saturated rings. The number of hydrogen-bond acceptors (Lipinski definition) is 10. The van der Waals surface area contributed by atoms with Crippen molar-refractivity contribution in [2.24, 2.45) is 0 Å². The molecule has 2 heterocycles. The van der Waals surface area contributed by atoms with Crippen molar-refractivity contribution >= 4 is 28.7 Å². The first-order valence-corrected chi connectivity index (χ1v) is 13.0. The predicted octanol–water partition coefficient (Wildman–Crippen LogP) is 2.01. The van der Waals surface area contributed by atoms with E-state index >= 15 is 0 Å². The second-order valence-electron chi connectivity index (χ2n) is 9.09. The van der Waals surface area contributed by atoms with Crippen LogP contribution in [0.3, 0.4) is 0 Å². The fraction of sp³-hybridized carbons (Fsp3) is 0.565. The van der Waals surface area contributed by atoms with Crippen LogP contribution < -0.4 is 5.32 Å². The van der Waals surface area contributed by atoms with E-state index in [1.807, 2.05) is 0 Å². The third kappa shape index (κ3) is 4.90. The lowest BCUT2D eigenvalue weighted by molar-refractivity contribution is -0.0629. The number of ether oxygens (including phenoxy) is 1. The minimum atomic E-state index is -1.15. The van der Waals surface area contributed by atoms with Gasteiger partial charge in [0.25, 0.3) is 0 Å². The molecule has 3 unspecified atom stereocenters. The Bertz CT molecular complexity index is 1230.